The maximum atomic E-state index is 14.6. The Hall–Kier alpha value is -3.56. The average molecular weight is 503 g/mol. The van der Waals surface area contributed by atoms with Gasteiger partial charge in [0.2, 0.25) is 5.95 Å². The first-order chi connectivity index (χ1) is 17.6. The number of aliphatic hydroxyl groups is 1. The predicted molar refractivity (Wildman–Crippen MR) is 141 cm³/mol. The summed E-state index contributed by atoms with van der Waals surface area (Å²) in [4.78, 5) is 22.5. The number of nitrogens with zero attached hydrogens (tertiary/aromatic N) is 4. The van der Waals surface area contributed by atoms with Crippen molar-refractivity contribution in [2.24, 2.45) is 0 Å². The monoisotopic (exact) mass is 502 g/mol. The minimum absolute atomic E-state index is 0.137. The number of hydrogen-bond donors (Lipinski definition) is 3. The highest BCUT2D eigenvalue weighted by atomic mass is 19.1. The van der Waals surface area contributed by atoms with Crippen molar-refractivity contribution in [3.8, 4) is 5.69 Å². The third-order valence-corrected chi connectivity index (χ3v) is 7.53. The van der Waals surface area contributed by atoms with E-state index in [4.69, 9.17) is 4.98 Å². The fraction of sp³-hybridized carbons (Fsp3) is 0.393. The summed E-state index contributed by atoms with van der Waals surface area (Å²) < 4.78 is 17.8. The third kappa shape index (κ3) is 3.93. The Labute approximate surface area is 214 Å². The zero-order valence-electron chi connectivity index (χ0n) is 21.5. The molecule has 2 aliphatic rings. The summed E-state index contributed by atoms with van der Waals surface area (Å²) in [6.07, 6.45) is 3.98. The second-order valence-corrected chi connectivity index (χ2v) is 11.1. The predicted octanol–water partition coefficient (Wildman–Crippen LogP) is 4.41. The highest BCUT2D eigenvalue weighted by Gasteiger charge is 2.46. The van der Waals surface area contributed by atoms with Crippen molar-refractivity contribution in [2.45, 2.75) is 64.1 Å². The van der Waals surface area contributed by atoms with Crippen LogP contribution in [0.3, 0.4) is 0 Å². The Morgan fingerprint density at radius 2 is 1.97 bits per heavy atom. The molecule has 0 saturated heterocycles. The first kappa shape index (κ1) is 23.8. The van der Waals surface area contributed by atoms with Crippen LogP contribution in [0.25, 0.3) is 16.7 Å². The van der Waals surface area contributed by atoms with E-state index < -0.39 is 11.4 Å². The molecule has 3 N–H and O–H groups in total. The van der Waals surface area contributed by atoms with Crippen molar-refractivity contribution in [3.05, 3.63) is 75.5 Å². The molecule has 192 valence electrons. The van der Waals surface area contributed by atoms with Crippen molar-refractivity contribution in [2.75, 3.05) is 11.9 Å². The second kappa shape index (κ2) is 8.22. The molecule has 3 heterocycles. The summed E-state index contributed by atoms with van der Waals surface area (Å²) in [5.41, 5.74) is 3.32. The second-order valence-electron chi connectivity index (χ2n) is 11.1. The first-order valence-corrected chi connectivity index (χ1v) is 12.7. The Morgan fingerprint density at radius 1 is 1.19 bits per heavy atom. The van der Waals surface area contributed by atoms with E-state index >= 15 is 0 Å². The van der Waals surface area contributed by atoms with Crippen LogP contribution < -0.4 is 16.2 Å². The number of halogens is 1. The van der Waals surface area contributed by atoms with Gasteiger partial charge in [0.05, 0.1) is 11.3 Å². The molecule has 37 heavy (non-hydrogen) atoms. The Kier molecular flexibility index (Phi) is 5.29. The summed E-state index contributed by atoms with van der Waals surface area (Å²) in [6, 6.07) is 10.6. The van der Waals surface area contributed by atoms with Gasteiger partial charge >= 0.3 is 0 Å². The van der Waals surface area contributed by atoms with Crippen molar-refractivity contribution in [1.82, 2.24) is 24.6 Å². The van der Waals surface area contributed by atoms with Crippen LogP contribution in [0.15, 0.2) is 47.4 Å². The maximum absolute atomic E-state index is 14.6. The zero-order chi connectivity index (χ0) is 26.1. The lowest BCUT2D eigenvalue weighted by atomic mass is 9.88. The van der Waals surface area contributed by atoms with E-state index in [1.165, 1.54) is 50.1 Å². The van der Waals surface area contributed by atoms with Crippen molar-refractivity contribution < 1.29 is 9.50 Å². The van der Waals surface area contributed by atoms with Crippen molar-refractivity contribution in [1.29, 1.82) is 0 Å². The van der Waals surface area contributed by atoms with Crippen LogP contribution in [-0.2, 0) is 17.6 Å². The molecule has 6 rings (SSSR count). The summed E-state index contributed by atoms with van der Waals surface area (Å²) >= 11 is 0. The van der Waals surface area contributed by atoms with Crippen LogP contribution in [0, 0.1) is 5.82 Å². The molecule has 9 heteroatoms. The number of fused-ring (bicyclic) bond motifs is 3. The van der Waals surface area contributed by atoms with Crippen LogP contribution in [0.2, 0.25) is 0 Å². The number of benzene rings is 2. The van der Waals surface area contributed by atoms with Gasteiger partial charge in [-0.1, -0.05) is 6.07 Å². The highest BCUT2D eigenvalue weighted by molar-refractivity contribution is 5.77. The molecule has 0 bridgehead atoms. The molecule has 1 fully saturated rings. The topological polar surface area (TPSA) is 97.0 Å². The molecule has 4 aromatic rings. The third-order valence-electron chi connectivity index (χ3n) is 7.53. The van der Waals surface area contributed by atoms with Gasteiger partial charge in [0, 0.05) is 42.0 Å². The summed E-state index contributed by atoms with van der Waals surface area (Å²) in [5, 5.41) is 17.7. The smallest absolute Gasteiger partial charge is 0.278 e. The van der Waals surface area contributed by atoms with Gasteiger partial charge in [0.25, 0.3) is 5.56 Å². The molecule has 1 aliphatic carbocycles. The van der Waals surface area contributed by atoms with Gasteiger partial charge in [0.1, 0.15) is 11.2 Å². The number of aromatic nitrogens is 4. The van der Waals surface area contributed by atoms with E-state index in [0.29, 0.717) is 28.1 Å². The highest BCUT2D eigenvalue weighted by Crippen LogP contribution is 2.50. The van der Waals surface area contributed by atoms with E-state index in [2.05, 4.69) is 33.8 Å². The molecular weight excluding hydrogens is 471 g/mol. The number of nitrogens with one attached hydrogen (secondary N) is 2. The standard InChI is InChI=1S/C28H31FN6O2/c1-16(2)34-25(36)20-14-31-26(32-18-5-7-21-17(11-18)13-30-15-28(21)9-10-28)33-24(20)35(34)19-6-8-23(29)22(12-19)27(3,4)37/h5-8,11-12,14,16,30,37H,9-10,13,15H2,1-4H3,(H,31,32,33). The fourth-order valence-electron chi connectivity index (χ4n) is 5.48. The molecular formula is C28H31FN6O2. The van der Waals surface area contributed by atoms with Crippen LogP contribution in [0.4, 0.5) is 16.0 Å². The lowest BCUT2D eigenvalue weighted by Gasteiger charge is -2.26. The molecule has 1 spiro atoms. The van der Waals surface area contributed by atoms with Gasteiger partial charge < -0.3 is 15.7 Å². The maximum Gasteiger partial charge on any atom is 0.278 e. The number of anilines is 2. The van der Waals surface area contributed by atoms with Gasteiger partial charge in [-0.25, -0.2) is 18.7 Å². The molecule has 1 saturated carbocycles. The molecule has 0 atom stereocenters. The summed E-state index contributed by atoms with van der Waals surface area (Å²) in [6.45, 7) is 8.73. The van der Waals surface area contributed by atoms with Gasteiger partial charge in [-0.15, -0.1) is 0 Å². The largest absolute Gasteiger partial charge is 0.386 e. The summed E-state index contributed by atoms with van der Waals surface area (Å²) in [5.74, 6) is -0.158. The Balaban J connectivity index is 1.45. The van der Waals surface area contributed by atoms with Crippen LogP contribution in [0.5, 0.6) is 0 Å². The van der Waals surface area contributed by atoms with E-state index in [1.807, 2.05) is 13.8 Å². The molecule has 0 amide bonds. The lowest BCUT2D eigenvalue weighted by Crippen LogP contribution is -2.33. The Bertz CT molecular complexity index is 1590. The molecule has 1 aliphatic heterocycles. The van der Waals surface area contributed by atoms with Crippen molar-refractivity contribution in [3.63, 3.8) is 0 Å². The molecule has 8 nitrogen and oxygen atoms in total. The van der Waals surface area contributed by atoms with Crippen molar-refractivity contribution >= 4 is 22.7 Å². The van der Waals surface area contributed by atoms with Gasteiger partial charge in [0.15, 0.2) is 5.65 Å². The molecule has 2 aromatic heterocycles. The molecule has 0 unspecified atom stereocenters. The van der Waals surface area contributed by atoms with Crippen LogP contribution >= 0.6 is 0 Å². The normalized spacial score (nSPS) is 16.4. The van der Waals surface area contributed by atoms with E-state index in [1.54, 1.807) is 21.5 Å². The SMILES string of the molecule is CC(C)n1c(=O)c2cnc(Nc3ccc4c(c3)CNCC43CC3)nc2n1-c1ccc(F)c(C(C)(C)O)c1. The van der Waals surface area contributed by atoms with Gasteiger partial charge in [-0.2, -0.15) is 4.98 Å². The van der Waals surface area contributed by atoms with E-state index in [0.717, 1.165) is 18.8 Å². The fourth-order valence-corrected chi connectivity index (χ4v) is 5.48. The zero-order valence-corrected chi connectivity index (χ0v) is 21.5. The first-order valence-electron chi connectivity index (χ1n) is 12.7. The lowest BCUT2D eigenvalue weighted by molar-refractivity contribution is 0.0745. The minimum Gasteiger partial charge on any atom is -0.386 e. The molecule has 2 aromatic carbocycles. The van der Waals surface area contributed by atoms with E-state index in [9.17, 15) is 14.3 Å². The number of hydrogen-bond acceptors (Lipinski definition) is 6. The molecule has 0 radical (unpaired) electrons. The average Bonchev–Trinajstić information content (AvgIpc) is 3.54. The summed E-state index contributed by atoms with van der Waals surface area (Å²) in [7, 11) is 0. The minimum atomic E-state index is -1.39. The van der Waals surface area contributed by atoms with Gasteiger partial charge in [-0.05, 0) is 82.0 Å². The van der Waals surface area contributed by atoms with E-state index in [-0.39, 0.29) is 17.2 Å². The Morgan fingerprint density at radius 3 is 2.68 bits per heavy atom. The van der Waals surface area contributed by atoms with Crippen LogP contribution in [0.1, 0.15) is 63.3 Å². The number of rotatable bonds is 5. The van der Waals surface area contributed by atoms with Crippen LogP contribution in [-0.4, -0.2) is 31.0 Å². The van der Waals surface area contributed by atoms with Gasteiger partial charge in [-0.3, -0.25) is 4.79 Å². The quantitative estimate of drug-likeness (QED) is 0.374.